The average Bonchev–Trinajstić information content (AvgIpc) is 3.20. The zero-order valence-electron chi connectivity index (χ0n) is 13.1. The average molecular weight is 356 g/mol. The summed E-state index contributed by atoms with van der Waals surface area (Å²) in [4.78, 5) is 11.7. The number of thioether (sulfide) groups is 1. The van der Waals surface area contributed by atoms with Crippen LogP contribution in [0.4, 0.5) is 0 Å². The number of fused-ring (bicyclic) bond motifs is 1. The van der Waals surface area contributed by atoms with E-state index in [4.69, 9.17) is 13.3 Å². The molecule has 0 aliphatic carbocycles. The van der Waals surface area contributed by atoms with E-state index < -0.39 is 5.63 Å². The molecule has 3 heterocycles. The highest BCUT2D eigenvalue weighted by Crippen LogP contribution is 2.30. The van der Waals surface area contributed by atoms with Crippen LogP contribution in [-0.2, 0) is 5.75 Å². The number of hydrogen-bond donors (Lipinski definition) is 1. The van der Waals surface area contributed by atoms with Crippen LogP contribution in [0.15, 0.2) is 59.9 Å². The predicted octanol–water partition coefficient (Wildman–Crippen LogP) is 3.74. The van der Waals surface area contributed by atoms with E-state index in [0.29, 0.717) is 28.2 Å². The summed E-state index contributed by atoms with van der Waals surface area (Å²) in [5.74, 6) is 1.57. The summed E-state index contributed by atoms with van der Waals surface area (Å²) in [5, 5.41) is 18.7. The number of benzene rings is 1. The Hall–Kier alpha value is -3.00. The first kappa shape index (κ1) is 15.5. The molecular weight excluding hydrogens is 344 g/mol. The zero-order chi connectivity index (χ0) is 17.4. The predicted molar refractivity (Wildman–Crippen MR) is 90.4 cm³/mol. The van der Waals surface area contributed by atoms with Gasteiger partial charge in [0.1, 0.15) is 17.1 Å². The summed E-state index contributed by atoms with van der Waals surface area (Å²) in [6.45, 7) is 1.82. The first-order valence-corrected chi connectivity index (χ1v) is 8.35. The van der Waals surface area contributed by atoms with E-state index in [-0.39, 0.29) is 5.75 Å². The number of furan rings is 1. The fourth-order valence-electron chi connectivity index (χ4n) is 2.46. The van der Waals surface area contributed by atoms with Crippen molar-refractivity contribution in [2.24, 2.45) is 0 Å². The highest BCUT2D eigenvalue weighted by molar-refractivity contribution is 7.98. The van der Waals surface area contributed by atoms with Gasteiger partial charge in [-0.15, -0.1) is 10.2 Å². The van der Waals surface area contributed by atoms with Gasteiger partial charge in [-0.05, 0) is 30.7 Å². The van der Waals surface area contributed by atoms with Gasteiger partial charge in [-0.2, -0.15) is 0 Å². The third-order valence-corrected chi connectivity index (χ3v) is 4.53. The Morgan fingerprint density at radius 2 is 2.04 bits per heavy atom. The van der Waals surface area contributed by atoms with E-state index in [0.717, 1.165) is 16.5 Å². The number of nitrogens with zero attached hydrogens (tertiary/aromatic N) is 2. The van der Waals surface area contributed by atoms with Crippen molar-refractivity contribution in [3.8, 4) is 17.2 Å². The van der Waals surface area contributed by atoms with Crippen molar-refractivity contribution >= 4 is 22.7 Å². The lowest BCUT2D eigenvalue weighted by Gasteiger charge is -2.04. The van der Waals surface area contributed by atoms with Gasteiger partial charge in [0.15, 0.2) is 0 Å². The Balaban J connectivity index is 1.60. The van der Waals surface area contributed by atoms with E-state index in [1.165, 1.54) is 23.9 Å². The normalized spacial score (nSPS) is 11.2. The van der Waals surface area contributed by atoms with Gasteiger partial charge in [0.25, 0.3) is 11.1 Å². The minimum Gasteiger partial charge on any atom is -0.508 e. The summed E-state index contributed by atoms with van der Waals surface area (Å²) in [6.07, 6.45) is 1.56. The second kappa shape index (κ2) is 6.14. The van der Waals surface area contributed by atoms with Crippen molar-refractivity contribution < 1.29 is 18.4 Å². The van der Waals surface area contributed by atoms with Gasteiger partial charge >= 0.3 is 5.63 Å². The Morgan fingerprint density at radius 3 is 2.84 bits per heavy atom. The minimum absolute atomic E-state index is 0.0393. The van der Waals surface area contributed by atoms with Crippen LogP contribution in [0.5, 0.6) is 5.75 Å². The van der Waals surface area contributed by atoms with Gasteiger partial charge in [-0.25, -0.2) is 4.79 Å². The minimum atomic E-state index is -0.478. The lowest BCUT2D eigenvalue weighted by atomic mass is 10.1. The molecule has 8 heteroatoms. The number of aromatic nitrogens is 2. The van der Waals surface area contributed by atoms with E-state index in [1.54, 1.807) is 24.5 Å². The van der Waals surface area contributed by atoms with Gasteiger partial charge in [0, 0.05) is 23.3 Å². The first-order valence-electron chi connectivity index (χ1n) is 7.37. The molecule has 7 nitrogen and oxygen atoms in total. The summed E-state index contributed by atoms with van der Waals surface area (Å²) in [7, 11) is 0. The van der Waals surface area contributed by atoms with Crippen LogP contribution in [0.25, 0.3) is 22.4 Å². The lowest BCUT2D eigenvalue weighted by molar-refractivity contribution is 0.463. The summed E-state index contributed by atoms with van der Waals surface area (Å²) < 4.78 is 16.0. The van der Waals surface area contributed by atoms with E-state index in [2.05, 4.69) is 10.2 Å². The molecule has 0 atom stereocenters. The number of aryl methyl sites for hydroxylation is 1. The van der Waals surface area contributed by atoms with E-state index >= 15 is 0 Å². The van der Waals surface area contributed by atoms with Crippen molar-refractivity contribution in [1.82, 2.24) is 10.2 Å². The fourth-order valence-corrected chi connectivity index (χ4v) is 3.22. The number of phenolic OH excluding ortho intramolecular Hbond substituents is 1. The molecule has 1 N–H and O–H groups in total. The van der Waals surface area contributed by atoms with Crippen LogP contribution in [0, 0.1) is 6.92 Å². The summed E-state index contributed by atoms with van der Waals surface area (Å²) in [5.41, 5.74) is 1.37. The molecule has 0 saturated heterocycles. The van der Waals surface area contributed by atoms with E-state index in [1.807, 2.05) is 6.92 Å². The Bertz CT molecular complexity index is 1110. The standard InChI is InChI=1S/C17H12N2O5S/c1-9-12(4-5-22-9)16-18-19-17(24-16)25-8-10-6-15(21)23-14-7-11(20)2-3-13(10)14/h2-7,20H,8H2,1H3. The summed E-state index contributed by atoms with van der Waals surface area (Å²) in [6, 6.07) is 7.85. The van der Waals surface area contributed by atoms with Crippen molar-refractivity contribution in [2.45, 2.75) is 17.9 Å². The van der Waals surface area contributed by atoms with Crippen molar-refractivity contribution in [3.05, 3.63) is 58.3 Å². The first-order chi connectivity index (χ1) is 12.1. The fraction of sp³-hybridized carbons (Fsp3) is 0.118. The third-order valence-electron chi connectivity index (χ3n) is 3.66. The molecule has 0 radical (unpaired) electrons. The molecule has 0 spiro atoms. The Kier molecular flexibility index (Phi) is 3.81. The second-order valence-corrected chi connectivity index (χ2v) is 6.25. The molecule has 4 aromatic rings. The maximum Gasteiger partial charge on any atom is 0.336 e. The van der Waals surface area contributed by atoms with E-state index in [9.17, 15) is 9.90 Å². The third kappa shape index (κ3) is 3.03. The van der Waals surface area contributed by atoms with Crippen LogP contribution in [-0.4, -0.2) is 15.3 Å². The lowest BCUT2D eigenvalue weighted by Crippen LogP contribution is -1.99. The maximum atomic E-state index is 11.7. The van der Waals surface area contributed by atoms with Crippen molar-refractivity contribution in [3.63, 3.8) is 0 Å². The van der Waals surface area contributed by atoms with Gasteiger partial charge in [0.05, 0.1) is 11.8 Å². The molecule has 3 aromatic heterocycles. The second-order valence-electron chi connectivity index (χ2n) is 5.32. The molecule has 0 fully saturated rings. The number of hydrogen-bond acceptors (Lipinski definition) is 8. The number of aromatic hydroxyl groups is 1. The van der Waals surface area contributed by atoms with Gasteiger partial charge < -0.3 is 18.4 Å². The van der Waals surface area contributed by atoms with Crippen LogP contribution >= 0.6 is 11.8 Å². The van der Waals surface area contributed by atoms with Crippen molar-refractivity contribution in [2.75, 3.05) is 0 Å². The Labute approximate surface area is 145 Å². The van der Waals surface area contributed by atoms with Crippen LogP contribution in [0.2, 0.25) is 0 Å². The molecule has 126 valence electrons. The molecule has 25 heavy (non-hydrogen) atoms. The topological polar surface area (TPSA) is 102 Å². The molecular formula is C17H12N2O5S. The highest BCUT2D eigenvalue weighted by Gasteiger charge is 2.14. The monoisotopic (exact) mass is 356 g/mol. The summed E-state index contributed by atoms with van der Waals surface area (Å²) >= 11 is 1.31. The van der Waals surface area contributed by atoms with Crippen molar-refractivity contribution in [1.29, 1.82) is 0 Å². The van der Waals surface area contributed by atoms with Crippen LogP contribution in [0.1, 0.15) is 11.3 Å². The van der Waals surface area contributed by atoms with Crippen LogP contribution in [0.3, 0.4) is 0 Å². The molecule has 4 rings (SSSR count). The van der Waals surface area contributed by atoms with Crippen LogP contribution < -0.4 is 5.63 Å². The molecule has 0 bridgehead atoms. The largest absolute Gasteiger partial charge is 0.508 e. The van der Waals surface area contributed by atoms with Gasteiger partial charge in [-0.3, -0.25) is 0 Å². The van der Waals surface area contributed by atoms with Gasteiger partial charge in [0.2, 0.25) is 0 Å². The number of rotatable bonds is 4. The molecule has 0 aliphatic rings. The molecule has 0 unspecified atom stereocenters. The zero-order valence-corrected chi connectivity index (χ0v) is 13.9. The smallest absolute Gasteiger partial charge is 0.336 e. The SMILES string of the molecule is Cc1occc1-c1nnc(SCc2cc(=O)oc3cc(O)ccc23)o1. The Morgan fingerprint density at radius 1 is 1.16 bits per heavy atom. The maximum absolute atomic E-state index is 11.7. The quantitative estimate of drug-likeness (QED) is 0.436. The highest BCUT2D eigenvalue weighted by atomic mass is 32.2. The van der Waals surface area contributed by atoms with Gasteiger partial charge in [-0.1, -0.05) is 11.8 Å². The molecule has 0 aliphatic heterocycles. The molecule has 0 amide bonds. The molecule has 0 saturated carbocycles. The molecule has 1 aromatic carbocycles. The number of phenols is 1.